The fourth-order valence-corrected chi connectivity index (χ4v) is 4.02. The number of morpholine rings is 1. The van der Waals surface area contributed by atoms with E-state index >= 15 is 0 Å². The highest BCUT2D eigenvalue weighted by Gasteiger charge is 2.41. The van der Waals surface area contributed by atoms with Gasteiger partial charge in [-0.25, -0.2) is 0 Å². The smallest absolute Gasteiger partial charge is 0.239 e. The first-order valence-corrected chi connectivity index (χ1v) is 8.26. The van der Waals surface area contributed by atoms with Crippen molar-refractivity contribution in [3.05, 3.63) is 0 Å². The minimum Gasteiger partial charge on any atom is -0.371 e. The second kappa shape index (κ2) is 5.64. The SMILES string of the molecule is CC1CN([C@H](C)C(=O)N2CCOC3(CCCCC3)C2)C1. The summed E-state index contributed by atoms with van der Waals surface area (Å²) in [5.74, 6) is 1.06. The molecule has 3 aliphatic rings. The fourth-order valence-electron chi connectivity index (χ4n) is 4.02. The number of hydrogen-bond donors (Lipinski definition) is 0. The monoisotopic (exact) mass is 280 g/mol. The fraction of sp³-hybridized carbons (Fsp3) is 0.938. The molecule has 0 aromatic heterocycles. The van der Waals surface area contributed by atoms with Crippen LogP contribution in [0.3, 0.4) is 0 Å². The van der Waals surface area contributed by atoms with E-state index < -0.39 is 0 Å². The quantitative estimate of drug-likeness (QED) is 0.774. The van der Waals surface area contributed by atoms with Crippen LogP contribution in [-0.4, -0.2) is 60.1 Å². The zero-order valence-electron chi connectivity index (χ0n) is 12.9. The highest BCUT2D eigenvalue weighted by Crippen LogP contribution is 2.34. The van der Waals surface area contributed by atoms with Crippen LogP contribution in [0, 0.1) is 5.92 Å². The molecule has 0 N–H and O–H groups in total. The summed E-state index contributed by atoms with van der Waals surface area (Å²) in [5, 5.41) is 0. The van der Waals surface area contributed by atoms with Crippen molar-refractivity contribution in [2.45, 2.75) is 57.6 Å². The molecule has 2 heterocycles. The Morgan fingerprint density at radius 2 is 1.95 bits per heavy atom. The molecule has 114 valence electrons. The zero-order valence-corrected chi connectivity index (χ0v) is 12.9. The van der Waals surface area contributed by atoms with E-state index in [1.807, 2.05) is 0 Å². The molecule has 20 heavy (non-hydrogen) atoms. The molecule has 1 saturated carbocycles. The second-order valence-electron chi connectivity index (χ2n) is 7.09. The Kier molecular flexibility index (Phi) is 4.04. The largest absolute Gasteiger partial charge is 0.371 e. The molecule has 1 aliphatic carbocycles. The second-order valence-corrected chi connectivity index (χ2v) is 7.09. The third-order valence-electron chi connectivity index (χ3n) is 5.32. The van der Waals surface area contributed by atoms with E-state index in [4.69, 9.17) is 4.74 Å². The third-order valence-corrected chi connectivity index (χ3v) is 5.32. The Bertz CT molecular complexity index is 354. The van der Waals surface area contributed by atoms with Crippen molar-refractivity contribution in [1.82, 2.24) is 9.80 Å². The van der Waals surface area contributed by atoms with Crippen LogP contribution < -0.4 is 0 Å². The van der Waals surface area contributed by atoms with Crippen molar-refractivity contribution in [3.8, 4) is 0 Å². The molecule has 0 aromatic carbocycles. The van der Waals surface area contributed by atoms with Gasteiger partial charge in [0.2, 0.25) is 5.91 Å². The van der Waals surface area contributed by atoms with Crippen LogP contribution in [0.5, 0.6) is 0 Å². The van der Waals surface area contributed by atoms with E-state index in [0.717, 1.165) is 51.5 Å². The highest BCUT2D eigenvalue weighted by atomic mass is 16.5. The minimum atomic E-state index is -0.0197. The van der Waals surface area contributed by atoms with Gasteiger partial charge in [-0.15, -0.1) is 0 Å². The number of hydrogen-bond acceptors (Lipinski definition) is 3. The van der Waals surface area contributed by atoms with Gasteiger partial charge in [-0.3, -0.25) is 9.69 Å². The molecule has 1 spiro atoms. The highest BCUT2D eigenvalue weighted by molar-refractivity contribution is 5.81. The van der Waals surface area contributed by atoms with Gasteiger partial charge in [0, 0.05) is 26.2 Å². The normalized spacial score (nSPS) is 29.2. The lowest BCUT2D eigenvalue weighted by Gasteiger charge is -2.47. The molecule has 2 aliphatic heterocycles. The van der Waals surface area contributed by atoms with Gasteiger partial charge in [0.1, 0.15) is 0 Å². The number of nitrogens with zero attached hydrogens (tertiary/aromatic N) is 2. The topological polar surface area (TPSA) is 32.8 Å². The van der Waals surface area contributed by atoms with Gasteiger partial charge in [-0.2, -0.15) is 0 Å². The third kappa shape index (κ3) is 2.73. The van der Waals surface area contributed by atoms with E-state index in [2.05, 4.69) is 23.6 Å². The summed E-state index contributed by atoms with van der Waals surface area (Å²) < 4.78 is 6.08. The first-order valence-electron chi connectivity index (χ1n) is 8.26. The van der Waals surface area contributed by atoms with E-state index in [-0.39, 0.29) is 11.6 Å². The van der Waals surface area contributed by atoms with Gasteiger partial charge >= 0.3 is 0 Å². The summed E-state index contributed by atoms with van der Waals surface area (Å²) in [5.41, 5.74) is -0.0197. The predicted molar refractivity (Wildman–Crippen MR) is 78.5 cm³/mol. The molecule has 1 amide bonds. The van der Waals surface area contributed by atoms with Crippen LogP contribution in [0.25, 0.3) is 0 Å². The minimum absolute atomic E-state index is 0.0197. The lowest BCUT2D eigenvalue weighted by Crippen LogP contribution is -2.60. The van der Waals surface area contributed by atoms with Gasteiger partial charge in [0.05, 0.1) is 18.2 Å². The molecule has 3 rings (SSSR count). The molecule has 0 aromatic rings. The number of carbonyl (C=O) groups excluding carboxylic acids is 1. The maximum absolute atomic E-state index is 12.7. The van der Waals surface area contributed by atoms with Crippen LogP contribution in [0.4, 0.5) is 0 Å². The summed E-state index contributed by atoms with van der Waals surface area (Å²) in [7, 11) is 0. The van der Waals surface area contributed by atoms with Crippen molar-refractivity contribution in [1.29, 1.82) is 0 Å². The van der Waals surface area contributed by atoms with Crippen molar-refractivity contribution in [2.24, 2.45) is 5.92 Å². The van der Waals surface area contributed by atoms with Crippen molar-refractivity contribution < 1.29 is 9.53 Å². The van der Waals surface area contributed by atoms with E-state index in [9.17, 15) is 4.79 Å². The first kappa shape index (κ1) is 14.3. The number of amides is 1. The molecule has 0 bridgehead atoms. The summed E-state index contributed by atoms with van der Waals surface area (Å²) in [6.45, 7) is 8.77. The van der Waals surface area contributed by atoms with Crippen LogP contribution >= 0.6 is 0 Å². The molecule has 3 fully saturated rings. The average Bonchev–Trinajstić information content (AvgIpc) is 2.43. The van der Waals surface area contributed by atoms with Gasteiger partial charge in [-0.1, -0.05) is 26.2 Å². The predicted octanol–water partition coefficient (Wildman–Crippen LogP) is 1.89. The first-order chi connectivity index (χ1) is 9.60. The van der Waals surface area contributed by atoms with Crippen molar-refractivity contribution in [3.63, 3.8) is 0 Å². The number of rotatable bonds is 2. The number of carbonyl (C=O) groups is 1. The Morgan fingerprint density at radius 1 is 1.25 bits per heavy atom. The number of likely N-dealkylation sites (tertiary alicyclic amines) is 1. The standard InChI is InChI=1S/C16H28N2O2/c1-13-10-18(11-13)14(2)15(19)17-8-9-20-16(12-17)6-4-3-5-7-16/h13-14H,3-12H2,1-2H3/t14-/m1/s1. The van der Waals surface area contributed by atoms with Crippen molar-refractivity contribution in [2.75, 3.05) is 32.8 Å². The van der Waals surface area contributed by atoms with Crippen LogP contribution in [0.15, 0.2) is 0 Å². The molecular weight excluding hydrogens is 252 g/mol. The zero-order chi connectivity index (χ0) is 14.2. The molecule has 0 radical (unpaired) electrons. The maximum atomic E-state index is 12.7. The Labute approximate surface area is 122 Å². The summed E-state index contributed by atoms with van der Waals surface area (Å²) in [4.78, 5) is 17.1. The van der Waals surface area contributed by atoms with Gasteiger partial charge < -0.3 is 9.64 Å². The maximum Gasteiger partial charge on any atom is 0.239 e. The summed E-state index contributed by atoms with van der Waals surface area (Å²) in [6.07, 6.45) is 6.08. The molecule has 2 saturated heterocycles. The van der Waals surface area contributed by atoms with Gasteiger partial charge in [0.15, 0.2) is 0 Å². The molecule has 4 nitrogen and oxygen atoms in total. The van der Waals surface area contributed by atoms with E-state index in [0.29, 0.717) is 5.91 Å². The van der Waals surface area contributed by atoms with Crippen LogP contribution in [0.2, 0.25) is 0 Å². The lowest BCUT2D eigenvalue weighted by atomic mass is 9.83. The molecule has 1 atom stereocenters. The molecular formula is C16H28N2O2. The van der Waals surface area contributed by atoms with E-state index in [1.165, 1.54) is 19.3 Å². The van der Waals surface area contributed by atoms with Gasteiger partial charge in [0.25, 0.3) is 0 Å². The van der Waals surface area contributed by atoms with Crippen LogP contribution in [-0.2, 0) is 9.53 Å². The number of ether oxygens (including phenoxy) is 1. The van der Waals surface area contributed by atoms with Crippen molar-refractivity contribution >= 4 is 5.91 Å². The van der Waals surface area contributed by atoms with Crippen LogP contribution in [0.1, 0.15) is 46.0 Å². The summed E-state index contributed by atoms with van der Waals surface area (Å²) in [6, 6.07) is 0.0462. The Balaban J connectivity index is 1.59. The average molecular weight is 280 g/mol. The van der Waals surface area contributed by atoms with E-state index in [1.54, 1.807) is 0 Å². The Hall–Kier alpha value is -0.610. The molecule has 4 heteroatoms. The molecule has 0 unspecified atom stereocenters. The van der Waals surface area contributed by atoms with Gasteiger partial charge in [-0.05, 0) is 25.7 Å². The Morgan fingerprint density at radius 3 is 2.60 bits per heavy atom. The summed E-state index contributed by atoms with van der Waals surface area (Å²) >= 11 is 0. The lowest BCUT2D eigenvalue weighted by molar-refractivity contribution is -0.162.